The van der Waals surface area contributed by atoms with Crippen molar-refractivity contribution in [2.45, 2.75) is 32.2 Å². The molecular weight excluding hydrogens is 478 g/mol. The maximum atomic E-state index is 13.3. The molecule has 3 aromatic carbocycles. The highest BCUT2D eigenvalue weighted by Crippen LogP contribution is 2.37. The third-order valence-corrected chi connectivity index (χ3v) is 7.21. The van der Waals surface area contributed by atoms with Crippen LogP contribution >= 0.6 is 0 Å². The summed E-state index contributed by atoms with van der Waals surface area (Å²) in [4.78, 5) is 31.7. The van der Waals surface area contributed by atoms with E-state index in [1.54, 1.807) is 18.9 Å². The Morgan fingerprint density at radius 1 is 1.03 bits per heavy atom. The van der Waals surface area contributed by atoms with Crippen LogP contribution in [0.1, 0.15) is 30.9 Å². The number of methoxy groups -OCH3 is 1. The summed E-state index contributed by atoms with van der Waals surface area (Å²) in [6.45, 7) is 2.52. The molecule has 0 unspecified atom stereocenters. The van der Waals surface area contributed by atoms with Gasteiger partial charge in [0.2, 0.25) is 5.91 Å². The van der Waals surface area contributed by atoms with E-state index in [1.165, 1.54) is 12.7 Å². The number of rotatable bonds is 10. The summed E-state index contributed by atoms with van der Waals surface area (Å²) in [6.07, 6.45) is 2.01. The van der Waals surface area contributed by atoms with Crippen LogP contribution in [-0.2, 0) is 20.7 Å². The van der Waals surface area contributed by atoms with Crippen molar-refractivity contribution in [3.8, 4) is 16.9 Å². The van der Waals surface area contributed by atoms with Crippen LogP contribution in [0.25, 0.3) is 11.1 Å². The lowest BCUT2D eigenvalue weighted by atomic mass is 9.87. The Hall–Kier alpha value is -4.13. The number of ether oxygens (including phenoxy) is 2. The number of carbonyl (C=O) groups is 2. The van der Waals surface area contributed by atoms with E-state index in [9.17, 15) is 9.59 Å². The van der Waals surface area contributed by atoms with Crippen molar-refractivity contribution in [2.75, 3.05) is 27.3 Å². The van der Waals surface area contributed by atoms with Crippen LogP contribution in [-0.4, -0.2) is 56.0 Å². The average Bonchev–Trinajstić information content (AvgIpc) is 3.21. The summed E-state index contributed by atoms with van der Waals surface area (Å²) in [5.74, 6) is 0.512. The van der Waals surface area contributed by atoms with Gasteiger partial charge in [-0.1, -0.05) is 66.7 Å². The fraction of sp³-hybridized carbons (Fsp3) is 0.323. The molecule has 1 aliphatic heterocycles. The van der Waals surface area contributed by atoms with Crippen molar-refractivity contribution < 1.29 is 19.1 Å². The Morgan fingerprint density at radius 3 is 2.26 bits per heavy atom. The first kappa shape index (κ1) is 26.9. The van der Waals surface area contributed by atoms with Gasteiger partial charge in [0.05, 0.1) is 13.2 Å². The molecule has 198 valence electrons. The molecule has 2 N–H and O–H groups in total. The topological polar surface area (TPSA) is 94.2 Å². The van der Waals surface area contributed by atoms with Crippen molar-refractivity contribution in [3.63, 3.8) is 0 Å². The predicted octanol–water partition coefficient (Wildman–Crippen LogP) is 4.48. The molecule has 1 heterocycles. The molecule has 0 spiro atoms. The number of hydrogen-bond donors (Lipinski definition) is 1. The van der Waals surface area contributed by atoms with Crippen LogP contribution in [0.4, 0.5) is 0 Å². The van der Waals surface area contributed by atoms with Crippen LogP contribution in [0.3, 0.4) is 0 Å². The molecule has 0 aliphatic carbocycles. The van der Waals surface area contributed by atoms with Gasteiger partial charge in [-0.2, -0.15) is 0 Å². The van der Waals surface area contributed by atoms with Crippen molar-refractivity contribution in [1.29, 1.82) is 0 Å². The van der Waals surface area contributed by atoms with Gasteiger partial charge in [-0.25, -0.2) is 0 Å². The number of nitrogens with two attached hydrogens (primary N) is 1. The standard InChI is InChI=1S/C31H35N3O4/c1-31(30(36)37-3)20-26(34(29(31)35)19-7-10-22-8-5-4-6-9-22)21-38-27-17-15-24(16-18-27)23-11-13-25(14-12-23)28(32)33-2/h4-6,8-9,11-18,26H,7,10,19-21H2,1-3H3,(H2,32,33)/t26-,31-/m0/s1. The maximum absolute atomic E-state index is 13.3. The van der Waals surface area contributed by atoms with Gasteiger partial charge < -0.3 is 20.1 Å². The number of carbonyl (C=O) groups excluding carboxylic acids is 2. The molecule has 7 nitrogen and oxygen atoms in total. The van der Waals surface area contributed by atoms with E-state index >= 15 is 0 Å². The summed E-state index contributed by atoms with van der Waals surface area (Å²) < 4.78 is 11.1. The van der Waals surface area contributed by atoms with Gasteiger partial charge in [0.15, 0.2) is 0 Å². The highest BCUT2D eigenvalue weighted by Gasteiger charge is 2.54. The molecule has 1 fully saturated rings. The summed E-state index contributed by atoms with van der Waals surface area (Å²) >= 11 is 0. The van der Waals surface area contributed by atoms with Crippen molar-refractivity contribution in [3.05, 3.63) is 90.0 Å². The Bertz CT molecular complexity index is 1270. The van der Waals surface area contributed by atoms with E-state index in [1.807, 2.05) is 66.7 Å². The van der Waals surface area contributed by atoms with Gasteiger partial charge in [0.1, 0.15) is 23.6 Å². The number of likely N-dealkylation sites (tertiary alicyclic amines) is 1. The molecule has 0 saturated carbocycles. The van der Waals surface area contributed by atoms with Crippen LogP contribution in [0.15, 0.2) is 83.9 Å². The van der Waals surface area contributed by atoms with Gasteiger partial charge in [0, 0.05) is 19.2 Å². The zero-order chi connectivity index (χ0) is 27.1. The Labute approximate surface area is 224 Å². The summed E-state index contributed by atoms with van der Waals surface area (Å²) in [7, 11) is 3.00. The summed E-state index contributed by atoms with van der Waals surface area (Å²) in [6, 6.07) is 25.7. The number of nitrogens with zero attached hydrogens (tertiary/aromatic N) is 2. The maximum Gasteiger partial charge on any atom is 0.321 e. The minimum absolute atomic E-state index is 0.196. The molecule has 0 aromatic heterocycles. The number of amidine groups is 1. The zero-order valence-electron chi connectivity index (χ0n) is 22.2. The fourth-order valence-electron chi connectivity index (χ4n) is 4.98. The third kappa shape index (κ3) is 5.88. The highest BCUT2D eigenvalue weighted by molar-refractivity contribution is 6.04. The molecule has 1 aliphatic rings. The second kappa shape index (κ2) is 11.9. The van der Waals surface area contributed by atoms with Crippen LogP contribution < -0.4 is 10.5 Å². The SMILES string of the molecule is CN=C(N)c1ccc(-c2ccc(OC[C@@H]3C[C@](C)(C(=O)OC)C(=O)N3CCCc3ccccc3)cc2)cc1. The number of amides is 1. The first-order valence-corrected chi connectivity index (χ1v) is 12.8. The second-order valence-corrected chi connectivity index (χ2v) is 9.79. The highest BCUT2D eigenvalue weighted by atomic mass is 16.5. The average molecular weight is 514 g/mol. The minimum Gasteiger partial charge on any atom is -0.491 e. The van der Waals surface area contributed by atoms with Crippen LogP contribution in [0.5, 0.6) is 5.75 Å². The summed E-state index contributed by atoms with van der Waals surface area (Å²) in [5, 5.41) is 0. The normalized spacial score (nSPS) is 19.4. The third-order valence-electron chi connectivity index (χ3n) is 7.21. The number of benzene rings is 3. The van der Waals surface area contributed by atoms with Crippen molar-refractivity contribution in [1.82, 2.24) is 4.90 Å². The molecule has 0 bridgehead atoms. The van der Waals surface area contributed by atoms with Crippen LogP contribution in [0.2, 0.25) is 0 Å². The van der Waals surface area contributed by atoms with E-state index in [-0.39, 0.29) is 11.9 Å². The van der Waals surface area contributed by atoms with Crippen molar-refractivity contribution >= 4 is 17.7 Å². The Kier molecular flexibility index (Phi) is 8.46. The van der Waals surface area contributed by atoms with Gasteiger partial charge in [-0.15, -0.1) is 0 Å². The lowest BCUT2D eigenvalue weighted by Crippen LogP contribution is -2.41. The van der Waals surface area contributed by atoms with Gasteiger partial charge in [-0.05, 0) is 55.0 Å². The molecule has 4 rings (SSSR count). The van der Waals surface area contributed by atoms with E-state index in [0.29, 0.717) is 31.2 Å². The molecule has 2 atom stereocenters. The molecule has 7 heteroatoms. The van der Waals surface area contributed by atoms with E-state index in [0.717, 1.165) is 29.5 Å². The Balaban J connectivity index is 1.41. The van der Waals surface area contributed by atoms with Gasteiger partial charge >= 0.3 is 5.97 Å². The zero-order valence-corrected chi connectivity index (χ0v) is 22.2. The lowest BCUT2D eigenvalue weighted by molar-refractivity contribution is -0.157. The molecule has 1 saturated heterocycles. The molecule has 3 aromatic rings. The fourth-order valence-corrected chi connectivity index (χ4v) is 4.98. The van der Waals surface area contributed by atoms with E-state index in [4.69, 9.17) is 15.2 Å². The first-order chi connectivity index (χ1) is 18.4. The smallest absolute Gasteiger partial charge is 0.321 e. The number of aliphatic imine (C=N–C) groups is 1. The Morgan fingerprint density at radius 2 is 1.66 bits per heavy atom. The lowest BCUT2D eigenvalue weighted by Gasteiger charge is -2.25. The van der Waals surface area contributed by atoms with Gasteiger partial charge in [-0.3, -0.25) is 14.6 Å². The number of aryl methyl sites for hydroxylation is 1. The molecule has 0 radical (unpaired) electrons. The number of hydrogen-bond acceptors (Lipinski definition) is 5. The van der Waals surface area contributed by atoms with E-state index < -0.39 is 11.4 Å². The van der Waals surface area contributed by atoms with Crippen molar-refractivity contribution in [2.24, 2.45) is 16.1 Å². The van der Waals surface area contributed by atoms with Gasteiger partial charge in [0.25, 0.3) is 0 Å². The molecule has 1 amide bonds. The monoisotopic (exact) mass is 513 g/mol. The largest absolute Gasteiger partial charge is 0.491 e. The van der Waals surface area contributed by atoms with Crippen LogP contribution in [0, 0.1) is 5.41 Å². The quantitative estimate of drug-likeness (QED) is 0.187. The minimum atomic E-state index is -1.20. The van der Waals surface area contributed by atoms with E-state index in [2.05, 4.69) is 17.1 Å². The number of esters is 1. The second-order valence-electron chi connectivity index (χ2n) is 9.79. The molecular formula is C31H35N3O4. The first-order valence-electron chi connectivity index (χ1n) is 12.8. The molecule has 38 heavy (non-hydrogen) atoms. The predicted molar refractivity (Wildman–Crippen MR) is 149 cm³/mol. The summed E-state index contributed by atoms with van der Waals surface area (Å²) in [5.41, 5.74) is 8.90.